The number of aliphatic hydroxyl groups excluding tert-OH is 1. The monoisotopic (exact) mass is 631 g/mol. The average molecular weight is 632 g/mol. The highest BCUT2D eigenvalue weighted by Gasteiger charge is 2.27. The highest BCUT2D eigenvalue weighted by Crippen LogP contribution is 2.33. The Morgan fingerprint density at radius 3 is 2.29 bits per heavy atom. The second-order valence-corrected chi connectivity index (χ2v) is 11.7. The molecule has 4 aromatic rings. The highest BCUT2D eigenvalue weighted by molar-refractivity contribution is 6.31. The zero-order chi connectivity index (χ0) is 32.7. The van der Waals surface area contributed by atoms with Crippen LogP contribution in [-0.2, 0) is 16.0 Å². The van der Waals surface area contributed by atoms with Crippen molar-refractivity contribution in [2.75, 3.05) is 18.5 Å². The molecule has 0 saturated carbocycles. The van der Waals surface area contributed by atoms with Crippen molar-refractivity contribution in [2.24, 2.45) is 0 Å². The van der Waals surface area contributed by atoms with Crippen LogP contribution in [0.2, 0.25) is 5.02 Å². The minimum absolute atomic E-state index is 0.0685. The van der Waals surface area contributed by atoms with Gasteiger partial charge in [0.25, 0.3) is 5.56 Å². The largest absolute Gasteiger partial charge is 0.474 e. The number of halogens is 1. The number of benzene rings is 3. The van der Waals surface area contributed by atoms with Gasteiger partial charge in [-0.2, -0.15) is 0 Å². The number of rotatable bonds is 11. The first-order chi connectivity index (χ1) is 21.4. The van der Waals surface area contributed by atoms with Crippen LogP contribution in [0.4, 0.5) is 5.69 Å². The molecule has 0 fully saturated rings. The van der Waals surface area contributed by atoms with E-state index < -0.39 is 29.1 Å². The fourth-order valence-electron chi connectivity index (χ4n) is 4.54. The predicted molar refractivity (Wildman–Crippen MR) is 171 cm³/mol. The number of hydrogen-bond donors (Lipinski definition) is 2. The molecule has 0 saturated heterocycles. The van der Waals surface area contributed by atoms with Crippen molar-refractivity contribution < 1.29 is 29.0 Å². The Morgan fingerprint density at radius 2 is 1.67 bits per heavy atom. The van der Waals surface area contributed by atoms with Crippen LogP contribution >= 0.6 is 11.6 Å². The minimum atomic E-state index is -1.14. The molecule has 10 nitrogen and oxygen atoms in total. The Morgan fingerprint density at radius 1 is 0.978 bits per heavy atom. The molecule has 0 radical (unpaired) electrons. The summed E-state index contributed by atoms with van der Waals surface area (Å²) in [4.78, 5) is 52.3. The molecule has 0 spiro atoms. The lowest BCUT2D eigenvalue weighted by atomic mass is 9.98. The van der Waals surface area contributed by atoms with Gasteiger partial charge in [0, 0.05) is 28.8 Å². The van der Waals surface area contributed by atoms with Crippen LogP contribution in [0.5, 0.6) is 5.88 Å². The Bertz CT molecular complexity index is 1750. The number of ether oxygens (including phenoxy) is 2. The maximum Gasteiger partial charge on any atom is 0.338 e. The zero-order valence-corrected chi connectivity index (χ0v) is 26.1. The summed E-state index contributed by atoms with van der Waals surface area (Å²) in [7, 11) is 0. The second-order valence-electron chi connectivity index (χ2n) is 11.2. The summed E-state index contributed by atoms with van der Waals surface area (Å²) in [5, 5.41) is 17.1. The van der Waals surface area contributed by atoms with Crippen molar-refractivity contribution in [3.05, 3.63) is 111 Å². The summed E-state index contributed by atoms with van der Waals surface area (Å²) in [5.41, 5.74) is 0.980. The summed E-state index contributed by atoms with van der Waals surface area (Å²) in [5.74, 6) is -1.38. The number of ketones is 1. The first-order valence-corrected chi connectivity index (χ1v) is 14.6. The molecule has 0 aliphatic rings. The van der Waals surface area contributed by atoms with E-state index in [1.807, 2.05) is 30.3 Å². The normalized spacial score (nSPS) is 11.9. The van der Waals surface area contributed by atoms with Crippen LogP contribution in [-0.4, -0.2) is 51.4 Å². The highest BCUT2D eigenvalue weighted by atomic mass is 35.5. The van der Waals surface area contributed by atoms with Crippen molar-refractivity contribution in [2.45, 2.75) is 45.8 Å². The first-order valence-electron chi connectivity index (χ1n) is 14.2. The van der Waals surface area contributed by atoms with Gasteiger partial charge in [-0.1, -0.05) is 41.9 Å². The Balaban J connectivity index is 1.75. The zero-order valence-electron chi connectivity index (χ0n) is 25.4. The Hall–Kier alpha value is -4.80. The molecule has 1 heterocycles. The van der Waals surface area contributed by atoms with Crippen LogP contribution in [0.25, 0.3) is 11.1 Å². The van der Waals surface area contributed by atoms with E-state index in [0.717, 1.165) is 10.2 Å². The van der Waals surface area contributed by atoms with Crippen LogP contribution in [0.1, 0.15) is 60.0 Å². The Kier molecular flexibility index (Phi) is 10.5. The van der Waals surface area contributed by atoms with Crippen LogP contribution in [0.3, 0.4) is 0 Å². The SMILES string of the molecule is CC(=O)c1ccc(Cl)cc1-c1cc(=O)n([C@@H](Cc2ccccc2)C(=O)Nc2ccc(C(=O)OC(C)(C)C)cc2)nc1OCCO. The van der Waals surface area contributed by atoms with E-state index in [-0.39, 0.29) is 36.9 Å². The van der Waals surface area contributed by atoms with Crippen molar-refractivity contribution in [1.29, 1.82) is 0 Å². The van der Waals surface area contributed by atoms with Gasteiger partial charge in [-0.05, 0) is 81.3 Å². The third-order valence-corrected chi connectivity index (χ3v) is 6.80. The number of nitrogens with zero attached hydrogens (tertiary/aromatic N) is 2. The molecule has 0 bridgehead atoms. The molecule has 0 unspecified atom stereocenters. The van der Waals surface area contributed by atoms with Crippen molar-refractivity contribution in [1.82, 2.24) is 9.78 Å². The number of Topliss-reactive ketones (excluding diaryl/α,β-unsaturated/α-hetero) is 1. The molecule has 11 heteroatoms. The van der Waals surface area contributed by atoms with Crippen molar-refractivity contribution in [3.8, 4) is 17.0 Å². The molecule has 45 heavy (non-hydrogen) atoms. The number of anilines is 1. The lowest BCUT2D eigenvalue weighted by Gasteiger charge is -2.21. The average Bonchev–Trinajstić information content (AvgIpc) is 2.99. The Labute approximate surface area is 265 Å². The van der Waals surface area contributed by atoms with E-state index in [1.54, 1.807) is 45.0 Å². The number of esters is 1. The number of aromatic nitrogens is 2. The molecule has 0 aliphatic carbocycles. The molecular weight excluding hydrogens is 598 g/mol. The van der Waals surface area contributed by atoms with Gasteiger partial charge in [0.1, 0.15) is 18.2 Å². The van der Waals surface area contributed by atoms with Gasteiger partial charge in [0.2, 0.25) is 11.8 Å². The third kappa shape index (κ3) is 8.65. The summed E-state index contributed by atoms with van der Waals surface area (Å²) in [6.45, 7) is 6.19. The first kappa shape index (κ1) is 33.1. The fourth-order valence-corrected chi connectivity index (χ4v) is 4.72. The van der Waals surface area contributed by atoms with Gasteiger partial charge in [-0.15, -0.1) is 5.10 Å². The molecule has 234 valence electrons. The molecule has 4 rings (SSSR count). The number of carbonyl (C=O) groups excluding carboxylic acids is 3. The lowest BCUT2D eigenvalue weighted by molar-refractivity contribution is -0.119. The maximum atomic E-state index is 13.8. The van der Waals surface area contributed by atoms with Gasteiger partial charge >= 0.3 is 5.97 Å². The summed E-state index contributed by atoms with van der Waals surface area (Å²) >= 11 is 6.24. The molecule has 0 aliphatic heterocycles. The topological polar surface area (TPSA) is 137 Å². The number of aliphatic hydroxyl groups is 1. The quantitative estimate of drug-likeness (QED) is 0.163. The van der Waals surface area contributed by atoms with Crippen molar-refractivity contribution >= 4 is 34.9 Å². The molecule has 1 atom stereocenters. The molecular formula is C34H34ClN3O7. The van der Waals surface area contributed by atoms with E-state index in [1.165, 1.54) is 31.2 Å². The molecule has 1 amide bonds. The number of nitrogens with one attached hydrogen (secondary N) is 1. The van der Waals surface area contributed by atoms with Gasteiger partial charge in [-0.3, -0.25) is 14.4 Å². The number of carbonyl (C=O) groups is 3. The van der Waals surface area contributed by atoms with Crippen LogP contribution < -0.4 is 15.6 Å². The van der Waals surface area contributed by atoms with Crippen LogP contribution in [0, 0.1) is 0 Å². The lowest BCUT2D eigenvalue weighted by Crippen LogP contribution is -2.36. The van der Waals surface area contributed by atoms with Gasteiger partial charge in [-0.25, -0.2) is 9.48 Å². The summed E-state index contributed by atoms with van der Waals surface area (Å²) < 4.78 is 12.2. The van der Waals surface area contributed by atoms with E-state index >= 15 is 0 Å². The molecule has 3 aromatic carbocycles. The van der Waals surface area contributed by atoms with Gasteiger partial charge < -0.3 is 19.9 Å². The summed E-state index contributed by atoms with van der Waals surface area (Å²) in [6, 6.07) is 20.0. The van der Waals surface area contributed by atoms with Crippen LogP contribution in [0.15, 0.2) is 83.7 Å². The standard InChI is InChI=1S/C34H34ClN3O7/c1-21(40)26-15-12-24(35)19-27(26)28-20-30(41)38(37-32(28)44-17-16-39)29(18-22-8-6-5-7-9-22)31(42)36-25-13-10-23(11-14-25)33(43)45-34(2,3)4/h5-15,19-20,29,39H,16-18H2,1-4H3,(H,36,42)/t29-/m0/s1. The third-order valence-electron chi connectivity index (χ3n) is 6.56. The fraction of sp³-hybridized carbons (Fsp3) is 0.265. The maximum absolute atomic E-state index is 13.8. The minimum Gasteiger partial charge on any atom is -0.474 e. The number of hydrogen-bond acceptors (Lipinski definition) is 8. The van der Waals surface area contributed by atoms with Crippen molar-refractivity contribution in [3.63, 3.8) is 0 Å². The summed E-state index contributed by atoms with van der Waals surface area (Å²) in [6.07, 6.45) is 0.101. The van der Waals surface area contributed by atoms with E-state index in [2.05, 4.69) is 10.4 Å². The predicted octanol–water partition coefficient (Wildman–Crippen LogP) is 5.52. The smallest absolute Gasteiger partial charge is 0.338 e. The van der Waals surface area contributed by atoms with E-state index in [4.69, 9.17) is 21.1 Å². The van der Waals surface area contributed by atoms with E-state index in [9.17, 15) is 24.3 Å². The second kappa shape index (κ2) is 14.3. The number of amides is 1. The van der Waals surface area contributed by atoms with Gasteiger partial charge in [0.15, 0.2) is 5.78 Å². The van der Waals surface area contributed by atoms with Gasteiger partial charge in [0.05, 0.1) is 17.7 Å². The molecule has 2 N–H and O–H groups in total. The molecule has 1 aromatic heterocycles. The van der Waals surface area contributed by atoms with E-state index in [0.29, 0.717) is 27.4 Å².